The second kappa shape index (κ2) is 5.87. The Balaban J connectivity index is 3.10. The minimum absolute atomic E-state index is 0.0602. The first-order valence-electron chi connectivity index (χ1n) is 6.21. The minimum atomic E-state index is -3.29. The van der Waals surface area contributed by atoms with E-state index in [1.54, 1.807) is 19.9 Å². The van der Waals surface area contributed by atoms with E-state index in [2.05, 4.69) is 4.72 Å². The summed E-state index contributed by atoms with van der Waals surface area (Å²) in [6, 6.07) is 1.79. The van der Waals surface area contributed by atoms with E-state index in [1.807, 2.05) is 18.4 Å². The van der Waals surface area contributed by atoms with E-state index in [1.165, 1.54) is 0 Å². The quantitative estimate of drug-likeness (QED) is 0.642. The Hall–Kier alpha value is -0.850. The van der Waals surface area contributed by atoms with E-state index >= 15 is 0 Å². The maximum absolute atomic E-state index is 11.7. The van der Waals surface area contributed by atoms with Gasteiger partial charge in [-0.1, -0.05) is 0 Å². The monoisotopic (exact) mass is 320 g/mol. The third-order valence-electron chi connectivity index (χ3n) is 3.01. The molecule has 1 aromatic heterocycles. The van der Waals surface area contributed by atoms with Crippen molar-refractivity contribution in [3.05, 3.63) is 23.0 Å². The number of rotatable bonds is 6. The van der Waals surface area contributed by atoms with Crippen LogP contribution in [0.25, 0.3) is 0 Å². The Labute approximate surface area is 125 Å². The highest BCUT2D eigenvalue weighted by Crippen LogP contribution is 2.19. The van der Waals surface area contributed by atoms with Crippen LogP contribution in [0.1, 0.15) is 35.6 Å². The molecule has 0 fully saturated rings. The lowest BCUT2D eigenvalue weighted by molar-refractivity contribution is 0.102. The van der Waals surface area contributed by atoms with Gasteiger partial charge < -0.3 is 4.57 Å². The molecule has 1 N–H and O–H groups in total. The van der Waals surface area contributed by atoms with E-state index < -0.39 is 15.6 Å². The van der Waals surface area contributed by atoms with Gasteiger partial charge in [0.25, 0.3) is 0 Å². The molecule has 0 saturated carbocycles. The molecular formula is C13H21ClN2O3S. The third-order valence-corrected chi connectivity index (χ3v) is 4.18. The highest BCUT2D eigenvalue weighted by Gasteiger charge is 2.25. The van der Waals surface area contributed by atoms with Gasteiger partial charge in [-0.05, 0) is 33.8 Å². The lowest BCUT2D eigenvalue weighted by atomic mass is 10.1. The van der Waals surface area contributed by atoms with Gasteiger partial charge in [-0.3, -0.25) is 4.79 Å². The van der Waals surface area contributed by atoms with Crippen molar-refractivity contribution >= 4 is 27.4 Å². The molecule has 0 atom stereocenters. The van der Waals surface area contributed by atoms with E-state index in [4.69, 9.17) is 11.6 Å². The molecular weight excluding hydrogens is 300 g/mol. The van der Waals surface area contributed by atoms with Crippen LogP contribution in [0, 0.1) is 13.8 Å². The number of aryl methyl sites for hydroxylation is 1. The first-order chi connectivity index (χ1) is 8.97. The molecule has 0 aliphatic rings. The van der Waals surface area contributed by atoms with Gasteiger partial charge in [-0.2, -0.15) is 0 Å². The molecule has 114 valence electrons. The molecule has 5 nitrogen and oxygen atoms in total. The molecule has 0 saturated heterocycles. The van der Waals surface area contributed by atoms with Gasteiger partial charge in [-0.15, -0.1) is 11.6 Å². The normalized spacial score (nSPS) is 12.7. The zero-order valence-corrected chi connectivity index (χ0v) is 14.0. The largest absolute Gasteiger partial charge is 0.347 e. The number of halogens is 1. The van der Waals surface area contributed by atoms with Gasteiger partial charge >= 0.3 is 0 Å². The third kappa shape index (κ3) is 4.33. The number of nitrogens with one attached hydrogen (secondary N) is 1. The fourth-order valence-corrected chi connectivity index (χ4v) is 3.54. The topological polar surface area (TPSA) is 68.2 Å². The van der Waals surface area contributed by atoms with Crippen molar-refractivity contribution in [1.82, 2.24) is 9.29 Å². The average Bonchev–Trinajstić information content (AvgIpc) is 2.52. The van der Waals surface area contributed by atoms with Gasteiger partial charge in [0.1, 0.15) is 0 Å². The number of carbonyl (C=O) groups is 1. The van der Waals surface area contributed by atoms with Crippen molar-refractivity contribution in [1.29, 1.82) is 0 Å². The Kier molecular flexibility index (Phi) is 5.05. The second-order valence-electron chi connectivity index (χ2n) is 5.69. The van der Waals surface area contributed by atoms with Crippen LogP contribution < -0.4 is 4.72 Å². The fourth-order valence-electron chi connectivity index (χ4n) is 2.33. The number of alkyl halides is 1. The van der Waals surface area contributed by atoms with Crippen molar-refractivity contribution in [2.24, 2.45) is 0 Å². The summed E-state index contributed by atoms with van der Waals surface area (Å²) >= 11 is 5.59. The van der Waals surface area contributed by atoms with Crippen LogP contribution in [0.4, 0.5) is 0 Å². The number of Topliss-reactive ketones (excluding diaryl/α,β-unsaturated/α-hetero) is 1. The average molecular weight is 321 g/mol. The minimum Gasteiger partial charge on any atom is -0.347 e. The van der Waals surface area contributed by atoms with Gasteiger partial charge in [0.15, 0.2) is 5.78 Å². The molecule has 7 heteroatoms. The maximum atomic E-state index is 11.7. The standard InChI is InChI=1S/C13H21ClN2O3S/c1-9-6-11(12(17)7-14)10(2)16(9)8-13(3,4)15-20(5,18)19/h6,15H,7-8H2,1-5H3. The number of sulfonamides is 1. The van der Waals surface area contributed by atoms with E-state index in [-0.39, 0.29) is 11.7 Å². The van der Waals surface area contributed by atoms with E-state index in [0.29, 0.717) is 12.1 Å². The molecule has 0 bridgehead atoms. The number of hydrogen-bond acceptors (Lipinski definition) is 3. The van der Waals surface area contributed by atoms with Crippen LogP contribution in [0.3, 0.4) is 0 Å². The first-order valence-corrected chi connectivity index (χ1v) is 8.64. The summed E-state index contributed by atoms with van der Waals surface area (Å²) in [6.07, 6.45) is 1.13. The zero-order valence-electron chi connectivity index (χ0n) is 12.4. The summed E-state index contributed by atoms with van der Waals surface area (Å²) < 4.78 is 27.3. The van der Waals surface area contributed by atoms with Gasteiger partial charge in [0.05, 0.1) is 12.1 Å². The summed E-state index contributed by atoms with van der Waals surface area (Å²) in [5, 5.41) is 0. The van der Waals surface area contributed by atoms with Crippen molar-refractivity contribution in [3.8, 4) is 0 Å². The molecule has 1 rings (SSSR count). The molecule has 20 heavy (non-hydrogen) atoms. The van der Waals surface area contributed by atoms with Crippen molar-refractivity contribution in [2.75, 3.05) is 12.1 Å². The molecule has 1 aromatic rings. The molecule has 1 heterocycles. The molecule has 0 aliphatic carbocycles. The van der Waals surface area contributed by atoms with E-state index in [9.17, 15) is 13.2 Å². The molecule has 0 radical (unpaired) electrons. The predicted molar refractivity (Wildman–Crippen MR) is 81.0 cm³/mol. The lowest BCUT2D eigenvalue weighted by Gasteiger charge is -2.27. The highest BCUT2D eigenvalue weighted by molar-refractivity contribution is 7.88. The molecule has 0 spiro atoms. The predicted octanol–water partition coefficient (Wildman–Crippen LogP) is 1.85. The second-order valence-corrected chi connectivity index (χ2v) is 7.70. The Bertz CT molecular complexity index is 618. The molecule has 0 amide bonds. The van der Waals surface area contributed by atoms with Crippen LogP contribution in [0.5, 0.6) is 0 Å². The number of carbonyl (C=O) groups excluding carboxylic acids is 1. The lowest BCUT2D eigenvalue weighted by Crippen LogP contribution is -2.46. The number of hydrogen-bond donors (Lipinski definition) is 1. The maximum Gasteiger partial charge on any atom is 0.209 e. The Morgan fingerprint density at radius 3 is 2.40 bits per heavy atom. The first kappa shape index (κ1) is 17.2. The zero-order chi connectivity index (χ0) is 15.7. The van der Waals surface area contributed by atoms with Crippen molar-refractivity contribution in [3.63, 3.8) is 0 Å². The summed E-state index contributed by atoms with van der Waals surface area (Å²) in [6.45, 7) is 7.76. The summed E-state index contributed by atoms with van der Waals surface area (Å²) in [4.78, 5) is 11.7. The van der Waals surface area contributed by atoms with Crippen LogP contribution in [-0.4, -0.2) is 36.4 Å². The van der Waals surface area contributed by atoms with Crippen molar-refractivity contribution in [2.45, 2.75) is 39.8 Å². The van der Waals surface area contributed by atoms with Crippen molar-refractivity contribution < 1.29 is 13.2 Å². The summed E-state index contributed by atoms with van der Waals surface area (Å²) in [5.41, 5.74) is 1.65. The number of ketones is 1. The van der Waals surface area contributed by atoms with E-state index in [0.717, 1.165) is 17.6 Å². The number of nitrogens with zero attached hydrogens (tertiary/aromatic N) is 1. The Morgan fingerprint density at radius 1 is 1.40 bits per heavy atom. The molecule has 0 aliphatic heterocycles. The number of aromatic nitrogens is 1. The molecule has 0 unspecified atom stereocenters. The smallest absolute Gasteiger partial charge is 0.209 e. The van der Waals surface area contributed by atoms with Crippen LogP contribution in [0.2, 0.25) is 0 Å². The molecule has 0 aromatic carbocycles. The summed E-state index contributed by atoms with van der Waals surface area (Å²) in [7, 11) is -3.29. The van der Waals surface area contributed by atoms with Gasteiger partial charge in [0, 0.05) is 29.0 Å². The summed E-state index contributed by atoms with van der Waals surface area (Å²) in [5.74, 6) is -0.185. The van der Waals surface area contributed by atoms with Crippen LogP contribution >= 0.6 is 11.6 Å². The SMILES string of the molecule is Cc1cc(C(=O)CCl)c(C)n1CC(C)(C)NS(C)(=O)=O. The van der Waals surface area contributed by atoms with Crippen LogP contribution in [-0.2, 0) is 16.6 Å². The van der Waals surface area contributed by atoms with Crippen LogP contribution in [0.15, 0.2) is 6.07 Å². The highest BCUT2D eigenvalue weighted by atomic mass is 35.5. The Morgan fingerprint density at radius 2 is 1.95 bits per heavy atom. The van der Waals surface area contributed by atoms with Gasteiger partial charge in [-0.25, -0.2) is 13.1 Å². The fraction of sp³-hybridized carbons (Fsp3) is 0.615. The van der Waals surface area contributed by atoms with Gasteiger partial charge in [0.2, 0.25) is 10.0 Å².